The molecule has 2 heterocycles. The molecular weight excluding hydrogens is 345 g/mol. The number of halogens is 1. The van der Waals surface area contributed by atoms with Gasteiger partial charge < -0.3 is 10.5 Å². The average Bonchev–Trinajstić information content (AvgIpc) is 2.87. The van der Waals surface area contributed by atoms with Crippen LogP contribution in [0.15, 0.2) is 30.5 Å². The summed E-state index contributed by atoms with van der Waals surface area (Å²) in [5.41, 5.74) is 6.73. The van der Waals surface area contributed by atoms with E-state index in [4.69, 9.17) is 10.5 Å². The van der Waals surface area contributed by atoms with Gasteiger partial charge in [0.25, 0.3) is 0 Å². The van der Waals surface area contributed by atoms with Gasteiger partial charge in [-0.05, 0) is 63.2 Å². The van der Waals surface area contributed by atoms with Gasteiger partial charge in [-0.1, -0.05) is 6.07 Å². The number of benzene rings is 1. The van der Waals surface area contributed by atoms with Crippen molar-refractivity contribution in [3.05, 3.63) is 47.7 Å². The van der Waals surface area contributed by atoms with Gasteiger partial charge in [0.1, 0.15) is 11.6 Å². The first-order valence-corrected chi connectivity index (χ1v) is 9.37. The van der Waals surface area contributed by atoms with Crippen LogP contribution in [0.4, 0.5) is 10.2 Å². The molecule has 0 amide bonds. The fraction of sp³-hybridized carbons (Fsp3) is 0.500. The summed E-state index contributed by atoms with van der Waals surface area (Å²) in [6, 6.07) is 7.39. The van der Waals surface area contributed by atoms with Gasteiger partial charge in [0, 0.05) is 18.8 Å². The largest absolute Gasteiger partial charge is 0.494 e. The monoisotopic (exact) mass is 373 g/mol. The molecule has 6 nitrogen and oxygen atoms in total. The van der Waals surface area contributed by atoms with Crippen molar-refractivity contribution in [1.29, 1.82) is 0 Å². The maximum Gasteiger partial charge on any atom is 0.165 e. The van der Waals surface area contributed by atoms with E-state index in [0.29, 0.717) is 24.2 Å². The second-order valence-electron chi connectivity index (χ2n) is 7.14. The van der Waals surface area contributed by atoms with Crippen molar-refractivity contribution in [3.63, 3.8) is 0 Å². The molecule has 1 fully saturated rings. The van der Waals surface area contributed by atoms with E-state index in [1.165, 1.54) is 7.11 Å². The number of aromatic nitrogens is 2. The first kappa shape index (κ1) is 19.5. The van der Waals surface area contributed by atoms with Crippen LogP contribution in [0.1, 0.15) is 30.7 Å². The molecule has 0 unspecified atom stereocenters. The molecule has 0 aliphatic carbocycles. The Bertz CT molecular complexity index is 757. The second-order valence-corrected chi connectivity index (χ2v) is 7.14. The quantitative estimate of drug-likeness (QED) is 0.840. The molecule has 1 aromatic heterocycles. The summed E-state index contributed by atoms with van der Waals surface area (Å²) in [6.07, 6.45) is 5.02. The maximum absolute atomic E-state index is 13.9. The van der Waals surface area contributed by atoms with E-state index in [-0.39, 0.29) is 5.82 Å². The van der Waals surface area contributed by atoms with E-state index in [2.05, 4.69) is 26.8 Å². The van der Waals surface area contributed by atoms with E-state index in [0.717, 1.165) is 50.3 Å². The number of nitrogens with zero attached hydrogens (tertiary/aromatic N) is 4. The summed E-state index contributed by atoms with van der Waals surface area (Å²) in [5, 5.41) is 0. The Morgan fingerprint density at radius 3 is 2.89 bits per heavy atom. The Balaban J connectivity index is 1.54. The smallest absolute Gasteiger partial charge is 0.165 e. The molecular formula is C20H28FN5O. The molecule has 1 saturated heterocycles. The van der Waals surface area contributed by atoms with Gasteiger partial charge >= 0.3 is 0 Å². The van der Waals surface area contributed by atoms with Crippen molar-refractivity contribution in [2.24, 2.45) is 0 Å². The molecule has 1 aliphatic heterocycles. The van der Waals surface area contributed by atoms with E-state index < -0.39 is 0 Å². The van der Waals surface area contributed by atoms with Gasteiger partial charge in [-0.2, -0.15) is 0 Å². The Morgan fingerprint density at radius 1 is 1.30 bits per heavy atom. The van der Waals surface area contributed by atoms with Gasteiger partial charge in [0.15, 0.2) is 11.6 Å². The standard InChI is InChI=1S/C20H28FN5O/c1-25(14-20-23-9-7-19(22)24-20)16-4-3-10-26(11-8-16)13-15-5-6-18(27-2)17(21)12-15/h5-7,9,12,16H,3-4,8,10-11,13-14H2,1-2H3,(H2,22,23,24)/t16-/m1/s1. The molecule has 0 spiro atoms. The Morgan fingerprint density at radius 2 is 2.15 bits per heavy atom. The van der Waals surface area contributed by atoms with Gasteiger partial charge in [-0.25, -0.2) is 14.4 Å². The van der Waals surface area contributed by atoms with Crippen molar-refractivity contribution in [3.8, 4) is 5.75 Å². The lowest BCUT2D eigenvalue weighted by molar-refractivity contribution is 0.202. The lowest BCUT2D eigenvalue weighted by Crippen LogP contribution is -2.33. The predicted octanol–water partition coefficient (Wildman–Crippen LogP) is 2.69. The number of methoxy groups -OCH3 is 1. The minimum absolute atomic E-state index is 0.292. The normalized spacial score (nSPS) is 18.4. The van der Waals surface area contributed by atoms with Crippen LogP contribution in [0.3, 0.4) is 0 Å². The van der Waals surface area contributed by atoms with Gasteiger partial charge in [0.2, 0.25) is 0 Å². The third kappa shape index (κ3) is 5.37. The van der Waals surface area contributed by atoms with Crippen LogP contribution in [0.5, 0.6) is 5.75 Å². The topological polar surface area (TPSA) is 67.5 Å². The van der Waals surface area contributed by atoms with Crippen LogP contribution < -0.4 is 10.5 Å². The summed E-state index contributed by atoms with van der Waals surface area (Å²) in [6.45, 7) is 3.46. The van der Waals surface area contributed by atoms with Crippen LogP contribution >= 0.6 is 0 Å². The number of likely N-dealkylation sites (tertiary alicyclic amines) is 1. The zero-order valence-corrected chi connectivity index (χ0v) is 16.1. The van der Waals surface area contributed by atoms with Crippen molar-refractivity contribution < 1.29 is 9.13 Å². The van der Waals surface area contributed by atoms with Crippen molar-refractivity contribution in [1.82, 2.24) is 19.8 Å². The number of nitrogens with two attached hydrogens (primary N) is 1. The molecule has 0 bridgehead atoms. The van der Waals surface area contributed by atoms with Crippen LogP contribution in [-0.4, -0.2) is 53.1 Å². The van der Waals surface area contributed by atoms with E-state index >= 15 is 0 Å². The molecule has 1 aliphatic rings. The first-order valence-electron chi connectivity index (χ1n) is 9.37. The maximum atomic E-state index is 13.9. The minimum Gasteiger partial charge on any atom is -0.494 e. The number of nitrogen functional groups attached to an aromatic ring is 1. The van der Waals surface area contributed by atoms with Gasteiger partial charge in [0.05, 0.1) is 13.7 Å². The third-order valence-corrected chi connectivity index (χ3v) is 5.15. The highest BCUT2D eigenvalue weighted by Crippen LogP contribution is 2.21. The van der Waals surface area contributed by atoms with Crippen LogP contribution in [0, 0.1) is 5.82 Å². The number of rotatable bonds is 6. The number of hydrogen-bond donors (Lipinski definition) is 1. The molecule has 0 radical (unpaired) electrons. The first-order chi connectivity index (χ1) is 13.0. The Labute approximate surface area is 160 Å². The van der Waals surface area contributed by atoms with Crippen LogP contribution in [0.2, 0.25) is 0 Å². The van der Waals surface area contributed by atoms with Crippen LogP contribution in [-0.2, 0) is 13.1 Å². The number of hydrogen-bond acceptors (Lipinski definition) is 6. The lowest BCUT2D eigenvalue weighted by atomic mass is 10.1. The average molecular weight is 373 g/mol. The summed E-state index contributed by atoms with van der Waals surface area (Å²) in [5.74, 6) is 1.25. The van der Waals surface area contributed by atoms with Crippen molar-refractivity contribution in [2.75, 3.05) is 33.0 Å². The van der Waals surface area contributed by atoms with Gasteiger partial charge in [-0.15, -0.1) is 0 Å². The summed E-state index contributed by atoms with van der Waals surface area (Å²) in [4.78, 5) is 13.3. The fourth-order valence-electron chi connectivity index (χ4n) is 3.65. The second kappa shape index (κ2) is 9.10. The summed E-state index contributed by atoms with van der Waals surface area (Å²) < 4.78 is 18.9. The van der Waals surface area contributed by atoms with Gasteiger partial charge in [-0.3, -0.25) is 9.80 Å². The Hall–Kier alpha value is -2.25. The highest BCUT2D eigenvalue weighted by molar-refractivity contribution is 5.29. The predicted molar refractivity (Wildman–Crippen MR) is 104 cm³/mol. The molecule has 0 saturated carbocycles. The molecule has 27 heavy (non-hydrogen) atoms. The number of ether oxygens (including phenoxy) is 1. The van der Waals surface area contributed by atoms with Crippen LogP contribution in [0.25, 0.3) is 0 Å². The molecule has 1 atom stereocenters. The molecule has 146 valence electrons. The molecule has 7 heteroatoms. The van der Waals surface area contributed by atoms with Crippen molar-refractivity contribution >= 4 is 5.82 Å². The highest BCUT2D eigenvalue weighted by atomic mass is 19.1. The Kier molecular flexibility index (Phi) is 6.58. The molecule has 2 aromatic rings. The minimum atomic E-state index is -0.301. The zero-order chi connectivity index (χ0) is 19.2. The van der Waals surface area contributed by atoms with E-state index in [9.17, 15) is 4.39 Å². The summed E-state index contributed by atoms with van der Waals surface area (Å²) in [7, 11) is 3.60. The molecule has 2 N–H and O–H groups in total. The SMILES string of the molecule is COc1ccc(CN2CCC[C@@H](N(C)Cc3nccc(N)n3)CC2)cc1F. The highest BCUT2D eigenvalue weighted by Gasteiger charge is 2.21. The lowest BCUT2D eigenvalue weighted by Gasteiger charge is -2.26. The van der Waals surface area contributed by atoms with E-state index in [1.807, 2.05) is 6.07 Å². The zero-order valence-electron chi connectivity index (χ0n) is 16.1. The molecule has 3 rings (SSSR count). The fourth-order valence-corrected chi connectivity index (χ4v) is 3.65. The van der Waals surface area contributed by atoms with Crippen molar-refractivity contribution in [2.45, 2.75) is 38.4 Å². The summed E-state index contributed by atoms with van der Waals surface area (Å²) >= 11 is 0. The van der Waals surface area contributed by atoms with E-state index in [1.54, 1.807) is 24.4 Å². The molecule has 1 aromatic carbocycles. The third-order valence-electron chi connectivity index (χ3n) is 5.15. The number of anilines is 1.